The molecule has 12 nitrogen and oxygen atoms in total. The first-order chi connectivity index (χ1) is 18.5. The van der Waals surface area contributed by atoms with Crippen molar-refractivity contribution in [1.82, 2.24) is 16.1 Å². The second kappa shape index (κ2) is 12.2. The Morgan fingerprint density at radius 2 is 1.90 bits per heavy atom. The van der Waals surface area contributed by atoms with Crippen LogP contribution in [0.2, 0.25) is 0 Å². The van der Waals surface area contributed by atoms with Crippen molar-refractivity contribution in [2.75, 3.05) is 6.54 Å². The molecule has 0 unspecified atom stereocenters. The number of guanidine groups is 1. The van der Waals surface area contributed by atoms with Gasteiger partial charge in [0.1, 0.15) is 6.04 Å². The van der Waals surface area contributed by atoms with Crippen LogP contribution >= 0.6 is 0 Å². The van der Waals surface area contributed by atoms with Crippen LogP contribution in [0.3, 0.4) is 0 Å². The monoisotopic (exact) mass is 564 g/mol. The van der Waals surface area contributed by atoms with E-state index in [1.165, 1.54) is 0 Å². The molecule has 13 heteroatoms. The lowest BCUT2D eigenvalue weighted by atomic mass is 9.43. The Morgan fingerprint density at radius 3 is 2.48 bits per heavy atom. The predicted molar refractivity (Wildman–Crippen MR) is 153 cm³/mol. The largest absolute Gasteiger partial charge is 0.481 e. The molecule has 6 atom stereocenters. The van der Waals surface area contributed by atoms with E-state index in [0.717, 1.165) is 12.8 Å². The minimum Gasteiger partial charge on any atom is -0.404 e. The third-order valence-electron chi connectivity index (χ3n) is 9.61. The molecule has 0 aromatic carbocycles. The number of amides is 2. The van der Waals surface area contributed by atoms with E-state index in [2.05, 4.69) is 50.2 Å². The Kier molecular flexibility index (Phi) is 9.81. The molecule has 2 bridgehead atoms. The summed E-state index contributed by atoms with van der Waals surface area (Å²) in [5.74, 6) is 0.0692. The van der Waals surface area contributed by atoms with Crippen LogP contribution in [0.4, 0.5) is 0 Å². The molecular formula is C27H49BN6O6. The van der Waals surface area contributed by atoms with Crippen LogP contribution in [0.25, 0.3) is 0 Å². The van der Waals surface area contributed by atoms with E-state index in [-0.39, 0.29) is 54.1 Å². The fraction of sp³-hybridized carbons (Fsp3) is 0.889. The molecule has 1 aliphatic heterocycles. The Hall–Kier alpha value is -2.41. The van der Waals surface area contributed by atoms with Crippen LogP contribution in [-0.4, -0.2) is 60.2 Å². The van der Waals surface area contributed by atoms with Gasteiger partial charge in [-0.3, -0.25) is 9.59 Å². The third kappa shape index (κ3) is 6.90. The van der Waals surface area contributed by atoms with Crippen LogP contribution in [0, 0.1) is 38.7 Å². The number of hydrogen-bond acceptors (Lipinski definition) is 7. The predicted octanol–water partition coefficient (Wildman–Crippen LogP) is 2.58. The zero-order valence-electron chi connectivity index (χ0n) is 25.4. The number of nitrogens with one attached hydrogen (secondary N) is 3. The normalized spacial score (nSPS) is 28.8. The van der Waals surface area contributed by atoms with Crippen LogP contribution < -0.4 is 21.8 Å². The van der Waals surface area contributed by atoms with Gasteiger partial charge in [-0.15, -0.1) is 0 Å². The van der Waals surface area contributed by atoms with Crippen molar-refractivity contribution < 1.29 is 23.9 Å². The van der Waals surface area contributed by atoms with Crippen molar-refractivity contribution in [3.63, 3.8) is 0 Å². The van der Waals surface area contributed by atoms with Crippen LogP contribution in [0.15, 0.2) is 4.99 Å². The number of carbonyl (C=O) groups is 2. The smallest absolute Gasteiger partial charge is 0.404 e. The number of aliphatic imine (C=N–C) groups is 1. The molecule has 40 heavy (non-hydrogen) atoms. The van der Waals surface area contributed by atoms with Crippen molar-refractivity contribution in [2.45, 2.75) is 118 Å². The standard InChI is InChI=1S/C27H49BN6O6/c1-9-25(4,5)23(36)31-18(11-10-12-30-24(29)33-34(37)38)22(35)32-21(13-16(2)3)28-39-20-15-17-14-19(26(17,6)7)27(20,8)40-28/h16-21H,9-15H2,1-8H3,(H,31,36)(H,32,35)(H3,29,30,33)/t17-,18+,19-,20-,21+,27+/m1/s1. The van der Waals surface area contributed by atoms with E-state index in [9.17, 15) is 19.7 Å². The minimum atomic E-state index is -0.820. The van der Waals surface area contributed by atoms with Gasteiger partial charge in [-0.1, -0.05) is 53.9 Å². The third-order valence-corrected chi connectivity index (χ3v) is 9.61. The SMILES string of the molecule is CCC(C)(C)C(=O)N[C@@H](CCCN=C(N)N[N+](=O)[O-])C(=O)N[C@@H](CC(C)C)B1O[C@@H]2C[C@H]3C[C@H](C3(C)C)[C@]2(C)O1. The average Bonchev–Trinajstić information content (AvgIpc) is 3.21. The molecule has 4 fully saturated rings. The van der Waals surface area contributed by atoms with E-state index in [0.29, 0.717) is 31.1 Å². The summed E-state index contributed by atoms with van der Waals surface area (Å²) < 4.78 is 13.2. The summed E-state index contributed by atoms with van der Waals surface area (Å²) in [6.07, 6.45) is 4.03. The topological polar surface area (TPSA) is 170 Å². The maximum atomic E-state index is 13.7. The van der Waals surface area contributed by atoms with Gasteiger partial charge in [0.25, 0.3) is 5.96 Å². The lowest BCUT2D eigenvalue weighted by Gasteiger charge is -2.64. The second-order valence-electron chi connectivity index (χ2n) is 13.6. The number of rotatable bonds is 13. The highest BCUT2D eigenvalue weighted by atomic mass is 16.7. The molecule has 1 heterocycles. The second-order valence-corrected chi connectivity index (χ2v) is 13.6. The molecule has 4 rings (SSSR count). The molecule has 1 saturated heterocycles. The summed E-state index contributed by atoms with van der Waals surface area (Å²) in [6.45, 7) is 16.7. The van der Waals surface area contributed by atoms with Gasteiger partial charge in [0.15, 0.2) is 5.03 Å². The highest BCUT2D eigenvalue weighted by Crippen LogP contribution is 2.65. The van der Waals surface area contributed by atoms with Crippen LogP contribution in [0.1, 0.15) is 93.9 Å². The van der Waals surface area contributed by atoms with Crippen molar-refractivity contribution in [2.24, 2.45) is 39.3 Å². The van der Waals surface area contributed by atoms with Gasteiger partial charge >= 0.3 is 7.12 Å². The lowest BCUT2D eigenvalue weighted by Crippen LogP contribution is -2.65. The Morgan fingerprint density at radius 1 is 1.23 bits per heavy atom. The summed E-state index contributed by atoms with van der Waals surface area (Å²) in [7, 11) is -0.572. The molecule has 2 amide bonds. The maximum absolute atomic E-state index is 13.7. The van der Waals surface area contributed by atoms with Gasteiger partial charge in [0, 0.05) is 12.0 Å². The Balaban J connectivity index is 1.72. The fourth-order valence-electron chi connectivity index (χ4n) is 6.51. The van der Waals surface area contributed by atoms with Gasteiger partial charge in [0.2, 0.25) is 11.8 Å². The van der Waals surface area contributed by atoms with Crippen molar-refractivity contribution in [3.05, 3.63) is 10.1 Å². The summed E-state index contributed by atoms with van der Waals surface area (Å²) in [5, 5.41) is 15.8. The highest BCUT2D eigenvalue weighted by molar-refractivity contribution is 6.48. The lowest BCUT2D eigenvalue weighted by molar-refractivity contribution is -0.525. The van der Waals surface area contributed by atoms with E-state index in [1.807, 2.05) is 20.8 Å². The molecular weight excluding hydrogens is 515 g/mol. The summed E-state index contributed by atoms with van der Waals surface area (Å²) >= 11 is 0. The maximum Gasteiger partial charge on any atom is 0.481 e. The molecule has 3 saturated carbocycles. The quantitative estimate of drug-likeness (QED) is 0.0660. The van der Waals surface area contributed by atoms with Crippen molar-refractivity contribution >= 4 is 24.9 Å². The molecule has 5 N–H and O–H groups in total. The number of hydrogen-bond donors (Lipinski definition) is 4. The first kappa shape index (κ1) is 32.1. The molecule has 0 radical (unpaired) electrons. The molecule has 0 spiro atoms. The van der Waals surface area contributed by atoms with E-state index in [1.54, 1.807) is 5.43 Å². The van der Waals surface area contributed by atoms with Gasteiger partial charge in [-0.2, -0.15) is 0 Å². The Bertz CT molecular complexity index is 991. The van der Waals surface area contributed by atoms with Gasteiger partial charge in [-0.05, 0) is 68.6 Å². The fourth-order valence-corrected chi connectivity index (χ4v) is 6.51. The van der Waals surface area contributed by atoms with Crippen LogP contribution in [-0.2, 0) is 18.9 Å². The molecule has 226 valence electrons. The van der Waals surface area contributed by atoms with Crippen molar-refractivity contribution in [3.8, 4) is 0 Å². The Labute approximate surface area is 238 Å². The number of hydrazine groups is 1. The summed E-state index contributed by atoms with van der Waals surface area (Å²) in [6, 6.07) is -0.820. The highest BCUT2D eigenvalue weighted by Gasteiger charge is 2.68. The number of nitro groups is 1. The number of nitrogens with zero attached hydrogens (tertiary/aromatic N) is 2. The van der Waals surface area contributed by atoms with Crippen LogP contribution in [0.5, 0.6) is 0 Å². The molecule has 0 aromatic heterocycles. The number of carbonyl (C=O) groups excluding carboxylic acids is 2. The number of nitrogens with two attached hydrogens (primary N) is 1. The van der Waals surface area contributed by atoms with Gasteiger partial charge in [0.05, 0.1) is 17.6 Å². The summed E-state index contributed by atoms with van der Waals surface area (Å²) in [5.41, 5.74) is 6.47. The zero-order chi connectivity index (χ0) is 30.0. The van der Waals surface area contributed by atoms with Gasteiger partial charge in [-0.25, -0.2) is 15.1 Å². The van der Waals surface area contributed by atoms with Crippen molar-refractivity contribution in [1.29, 1.82) is 0 Å². The van der Waals surface area contributed by atoms with E-state index in [4.69, 9.17) is 15.0 Å². The van der Waals surface area contributed by atoms with E-state index >= 15 is 0 Å². The van der Waals surface area contributed by atoms with Gasteiger partial charge < -0.3 is 25.7 Å². The average molecular weight is 565 g/mol. The summed E-state index contributed by atoms with van der Waals surface area (Å²) in [4.78, 5) is 41.2. The molecule has 3 aliphatic carbocycles. The zero-order valence-corrected chi connectivity index (χ0v) is 25.4. The molecule has 0 aromatic rings. The minimum absolute atomic E-state index is 0.00205. The first-order valence-electron chi connectivity index (χ1n) is 14.7. The first-order valence-corrected chi connectivity index (χ1v) is 14.7. The van der Waals surface area contributed by atoms with E-state index < -0.39 is 29.2 Å². The molecule has 4 aliphatic rings.